The highest BCUT2D eigenvalue weighted by atomic mass is 16.1. The van der Waals surface area contributed by atoms with Crippen LogP contribution in [0.15, 0.2) is 18.2 Å². The van der Waals surface area contributed by atoms with Gasteiger partial charge in [-0.3, -0.25) is 4.79 Å². The zero-order valence-electron chi connectivity index (χ0n) is 12.7. The highest BCUT2D eigenvalue weighted by Gasteiger charge is 2.13. The van der Waals surface area contributed by atoms with E-state index in [0.717, 1.165) is 31.6 Å². The molecule has 0 bridgehead atoms. The Morgan fingerprint density at radius 3 is 2.90 bits per heavy atom. The molecule has 0 fully saturated rings. The van der Waals surface area contributed by atoms with Crippen molar-refractivity contribution in [2.45, 2.75) is 39.4 Å². The summed E-state index contributed by atoms with van der Waals surface area (Å²) in [5.74, 6) is 0.0252. The van der Waals surface area contributed by atoms with Crippen LogP contribution in [0.5, 0.6) is 0 Å². The molecule has 20 heavy (non-hydrogen) atoms. The maximum Gasteiger partial charge on any atom is 0.251 e. The first-order chi connectivity index (χ1) is 9.61. The highest BCUT2D eigenvalue weighted by molar-refractivity contribution is 5.94. The third-order valence-corrected chi connectivity index (χ3v) is 4.19. The van der Waals surface area contributed by atoms with Crippen molar-refractivity contribution in [1.29, 1.82) is 0 Å². The third kappa shape index (κ3) is 3.58. The monoisotopic (exact) mass is 275 g/mol. The zero-order chi connectivity index (χ0) is 14.5. The standard InChI is InChI=1S/C16H25N3O/c1-4-12(2)19(3)8-7-18-16(20)13-5-6-14-10-17-11-15(14)9-13/h5-6,9,12,17H,4,7-8,10-11H2,1-3H3,(H,18,20). The molecule has 1 unspecified atom stereocenters. The van der Waals surface area contributed by atoms with E-state index < -0.39 is 0 Å². The molecule has 0 spiro atoms. The van der Waals surface area contributed by atoms with Gasteiger partial charge in [0.15, 0.2) is 0 Å². The second kappa shape index (κ2) is 6.86. The molecule has 0 radical (unpaired) electrons. The number of likely N-dealkylation sites (N-methyl/N-ethyl adjacent to an activating group) is 1. The minimum atomic E-state index is 0.0252. The number of hydrogen-bond donors (Lipinski definition) is 2. The van der Waals surface area contributed by atoms with Crippen LogP contribution in [0.1, 0.15) is 41.8 Å². The summed E-state index contributed by atoms with van der Waals surface area (Å²) in [5.41, 5.74) is 3.31. The molecule has 0 aromatic heterocycles. The van der Waals surface area contributed by atoms with Crippen LogP contribution < -0.4 is 10.6 Å². The predicted octanol–water partition coefficient (Wildman–Crippen LogP) is 1.75. The first-order valence-electron chi connectivity index (χ1n) is 7.42. The third-order valence-electron chi connectivity index (χ3n) is 4.19. The van der Waals surface area contributed by atoms with Crippen molar-refractivity contribution in [2.24, 2.45) is 0 Å². The van der Waals surface area contributed by atoms with Crippen LogP contribution in [0, 0.1) is 0 Å². The fraction of sp³-hybridized carbons (Fsp3) is 0.562. The van der Waals surface area contributed by atoms with Gasteiger partial charge in [0, 0.05) is 37.8 Å². The lowest BCUT2D eigenvalue weighted by molar-refractivity contribution is 0.0947. The molecule has 1 atom stereocenters. The van der Waals surface area contributed by atoms with Gasteiger partial charge in [0.2, 0.25) is 0 Å². The molecule has 2 N–H and O–H groups in total. The molecule has 1 aliphatic heterocycles. The van der Waals surface area contributed by atoms with Gasteiger partial charge < -0.3 is 15.5 Å². The minimum Gasteiger partial charge on any atom is -0.351 e. The van der Waals surface area contributed by atoms with Crippen LogP contribution in [-0.2, 0) is 13.1 Å². The van der Waals surface area contributed by atoms with Gasteiger partial charge >= 0.3 is 0 Å². The molecule has 0 aliphatic carbocycles. The summed E-state index contributed by atoms with van der Waals surface area (Å²) < 4.78 is 0. The zero-order valence-corrected chi connectivity index (χ0v) is 12.7. The predicted molar refractivity (Wildman–Crippen MR) is 81.7 cm³/mol. The summed E-state index contributed by atoms with van der Waals surface area (Å²) in [4.78, 5) is 14.4. The van der Waals surface area contributed by atoms with Crippen LogP contribution >= 0.6 is 0 Å². The van der Waals surface area contributed by atoms with Crippen LogP contribution in [0.25, 0.3) is 0 Å². The lowest BCUT2D eigenvalue weighted by Gasteiger charge is -2.23. The SMILES string of the molecule is CCC(C)N(C)CCNC(=O)c1ccc2c(c1)CNC2. The molecular weight excluding hydrogens is 250 g/mol. The van der Waals surface area contributed by atoms with Crippen molar-refractivity contribution in [3.8, 4) is 0 Å². The molecule has 110 valence electrons. The van der Waals surface area contributed by atoms with Crippen LogP contribution in [0.3, 0.4) is 0 Å². The van der Waals surface area contributed by atoms with E-state index in [1.807, 2.05) is 12.1 Å². The largest absolute Gasteiger partial charge is 0.351 e. The molecule has 1 heterocycles. The van der Waals surface area contributed by atoms with Gasteiger partial charge in [-0.05, 0) is 43.7 Å². The van der Waals surface area contributed by atoms with Gasteiger partial charge in [-0.15, -0.1) is 0 Å². The summed E-state index contributed by atoms with van der Waals surface area (Å²) in [5, 5.41) is 6.29. The Kier molecular flexibility index (Phi) is 5.15. The van der Waals surface area contributed by atoms with Crippen molar-refractivity contribution in [3.05, 3.63) is 34.9 Å². The number of benzene rings is 1. The Morgan fingerprint density at radius 2 is 2.15 bits per heavy atom. The maximum atomic E-state index is 12.1. The second-order valence-electron chi connectivity index (χ2n) is 5.58. The number of nitrogens with one attached hydrogen (secondary N) is 2. The lowest BCUT2D eigenvalue weighted by Crippen LogP contribution is -2.37. The Balaban J connectivity index is 1.83. The number of carbonyl (C=O) groups excluding carboxylic acids is 1. The van der Waals surface area contributed by atoms with Crippen LogP contribution in [0.2, 0.25) is 0 Å². The van der Waals surface area contributed by atoms with Gasteiger partial charge in [-0.1, -0.05) is 13.0 Å². The topological polar surface area (TPSA) is 44.4 Å². The van der Waals surface area contributed by atoms with Gasteiger partial charge in [0.25, 0.3) is 5.91 Å². The summed E-state index contributed by atoms with van der Waals surface area (Å²) in [7, 11) is 2.10. The maximum absolute atomic E-state index is 12.1. The smallest absolute Gasteiger partial charge is 0.251 e. The molecule has 0 saturated carbocycles. The Bertz CT molecular complexity index is 473. The highest BCUT2D eigenvalue weighted by Crippen LogP contribution is 2.16. The van der Waals surface area contributed by atoms with E-state index in [1.54, 1.807) is 0 Å². The van der Waals surface area contributed by atoms with Gasteiger partial charge in [0.1, 0.15) is 0 Å². The van der Waals surface area contributed by atoms with Crippen molar-refractivity contribution >= 4 is 5.91 Å². The van der Waals surface area contributed by atoms with Crippen LogP contribution in [0.4, 0.5) is 0 Å². The molecular formula is C16H25N3O. The molecule has 1 aromatic rings. The average molecular weight is 275 g/mol. The molecule has 1 aliphatic rings. The first kappa shape index (κ1) is 15.0. The van der Waals surface area contributed by atoms with Gasteiger partial charge in [0.05, 0.1) is 0 Å². The van der Waals surface area contributed by atoms with E-state index in [1.165, 1.54) is 11.1 Å². The Labute approximate surface area is 121 Å². The number of hydrogen-bond acceptors (Lipinski definition) is 3. The van der Waals surface area contributed by atoms with E-state index in [2.05, 4.69) is 42.5 Å². The molecule has 1 aromatic carbocycles. The molecule has 4 nitrogen and oxygen atoms in total. The molecule has 0 saturated heterocycles. The summed E-state index contributed by atoms with van der Waals surface area (Å²) in [6.07, 6.45) is 1.13. The molecule has 2 rings (SSSR count). The van der Waals surface area contributed by atoms with Gasteiger partial charge in [-0.25, -0.2) is 0 Å². The quantitative estimate of drug-likeness (QED) is 0.831. The van der Waals surface area contributed by atoms with Crippen molar-refractivity contribution < 1.29 is 4.79 Å². The number of nitrogens with zero attached hydrogens (tertiary/aromatic N) is 1. The second-order valence-corrected chi connectivity index (χ2v) is 5.58. The number of amides is 1. The number of fused-ring (bicyclic) bond motifs is 1. The average Bonchev–Trinajstić information content (AvgIpc) is 2.93. The van der Waals surface area contributed by atoms with E-state index in [4.69, 9.17) is 0 Å². The summed E-state index contributed by atoms with van der Waals surface area (Å²) in [6, 6.07) is 6.52. The lowest BCUT2D eigenvalue weighted by atomic mass is 10.1. The number of rotatable bonds is 6. The Morgan fingerprint density at radius 1 is 1.40 bits per heavy atom. The Hall–Kier alpha value is -1.39. The summed E-state index contributed by atoms with van der Waals surface area (Å²) >= 11 is 0. The van der Waals surface area contributed by atoms with Crippen molar-refractivity contribution in [1.82, 2.24) is 15.5 Å². The number of carbonyl (C=O) groups is 1. The fourth-order valence-corrected chi connectivity index (χ4v) is 2.42. The summed E-state index contributed by atoms with van der Waals surface area (Å²) in [6.45, 7) is 7.74. The van der Waals surface area contributed by atoms with E-state index >= 15 is 0 Å². The normalized spacial score (nSPS) is 15.2. The molecule has 1 amide bonds. The van der Waals surface area contributed by atoms with E-state index in [9.17, 15) is 4.79 Å². The minimum absolute atomic E-state index is 0.0252. The van der Waals surface area contributed by atoms with Gasteiger partial charge in [-0.2, -0.15) is 0 Å². The first-order valence-corrected chi connectivity index (χ1v) is 7.42. The van der Waals surface area contributed by atoms with E-state index in [0.29, 0.717) is 12.6 Å². The van der Waals surface area contributed by atoms with Crippen molar-refractivity contribution in [3.63, 3.8) is 0 Å². The van der Waals surface area contributed by atoms with Crippen LogP contribution in [-0.4, -0.2) is 37.0 Å². The molecule has 4 heteroatoms. The van der Waals surface area contributed by atoms with E-state index in [-0.39, 0.29) is 5.91 Å². The fourth-order valence-electron chi connectivity index (χ4n) is 2.42. The van der Waals surface area contributed by atoms with Crippen molar-refractivity contribution in [2.75, 3.05) is 20.1 Å².